The molecule has 50 heavy (non-hydrogen) atoms. The summed E-state index contributed by atoms with van der Waals surface area (Å²) < 4.78 is 28.0. The predicted molar refractivity (Wildman–Crippen MR) is 199 cm³/mol. The molecule has 6 aliphatic rings. The van der Waals surface area contributed by atoms with Gasteiger partial charge in [0.1, 0.15) is 0 Å². The highest BCUT2D eigenvalue weighted by Crippen LogP contribution is 2.78. The Hall–Kier alpha value is -2.88. The zero-order valence-corrected chi connectivity index (χ0v) is 31.0. The lowest BCUT2D eigenvalue weighted by Crippen LogP contribution is -2.67. The quantitative estimate of drug-likeness (QED) is 0.175. The van der Waals surface area contributed by atoms with Crippen LogP contribution in [0, 0.1) is 33.5 Å². The second-order valence-corrected chi connectivity index (χ2v) is 19.5. The fourth-order valence-corrected chi connectivity index (χ4v) is 13.2. The van der Waals surface area contributed by atoms with Gasteiger partial charge < -0.3 is 10.2 Å². The molecule has 0 aliphatic heterocycles. The van der Waals surface area contributed by atoms with E-state index in [2.05, 4.69) is 32.1 Å². The molecule has 3 aromatic rings. The fraction of sp³-hybridized carbons (Fsp3) is 0.500. The Morgan fingerprint density at radius 1 is 0.900 bits per heavy atom. The smallest absolute Gasteiger partial charge is 0.211 e. The maximum Gasteiger partial charge on any atom is 0.211 e. The summed E-state index contributed by atoms with van der Waals surface area (Å²) in [6.45, 7) is 4.93. The van der Waals surface area contributed by atoms with Crippen LogP contribution in [-0.2, 0) is 16.4 Å². The number of nitrogens with zero attached hydrogens (tertiary/aromatic N) is 1. The summed E-state index contributed by atoms with van der Waals surface area (Å²) in [4.78, 5) is 16.5. The van der Waals surface area contributed by atoms with Crippen LogP contribution in [0.15, 0.2) is 95.9 Å². The normalized spacial score (nSPS) is 37.2. The number of benzene rings is 2. The van der Waals surface area contributed by atoms with Gasteiger partial charge in [-0.2, -0.15) is 4.31 Å². The van der Waals surface area contributed by atoms with Gasteiger partial charge in [-0.25, -0.2) is 8.42 Å². The molecule has 0 saturated heterocycles. The van der Waals surface area contributed by atoms with Gasteiger partial charge in [-0.1, -0.05) is 92.7 Å². The van der Waals surface area contributed by atoms with E-state index in [4.69, 9.17) is 0 Å². The van der Waals surface area contributed by atoms with Gasteiger partial charge in [0.2, 0.25) is 10.0 Å². The SMILES string of the molecule is CC12CCC(O)CC13C=CC1(C(C(=O)c4ccccc4-c4ccccc4)=C3)C2CCC2(C)C1CCC2(O)CN(CCc1cccs1)S(C)(=O)=O. The standard InChI is InChI=1S/C42H49NO5S2/c1-38-19-15-30(44)26-40(38)22-23-42(34(27-40)37(45)33-14-8-7-13-32(33)29-10-5-4-6-11-29)35(38)16-20-39(2)36(42)17-21-41(39,46)28-43(50(3,47)48)24-18-31-12-9-25-49-31/h4-14,22-23,25,27,30,35-36,44,46H,15-21,24,26,28H2,1-3H3. The Bertz CT molecular complexity index is 1970. The van der Waals surface area contributed by atoms with Gasteiger partial charge in [-0.3, -0.25) is 4.79 Å². The van der Waals surface area contributed by atoms with E-state index >= 15 is 4.79 Å². The number of carbonyl (C=O) groups is 1. The lowest BCUT2D eigenvalue weighted by Gasteiger charge is -2.71. The first-order valence-electron chi connectivity index (χ1n) is 18.3. The Kier molecular flexibility index (Phi) is 8.09. The maximum atomic E-state index is 15.3. The van der Waals surface area contributed by atoms with Gasteiger partial charge in [0.15, 0.2) is 5.78 Å². The highest BCUT2D eigenvalue weighted by atomic mass is 32.2. The summed E-state index contributed by atoms with van der Waals surface area (Å²) in [7, 11) is -3.59. The van der Waals surface area contributed by atoms with Crippen molar-refractivity contribution in [1.82, 2.24) is 4.31 Å². The Balaban J connectivity index is 1.23. The third-order valence-electron chi connectivity index (χ3n) is 14.3. The molecule has 2 spiro atoms. The number of aliphatic hydroxyl groups is 2. The van der Waals surface area contributed by atoms with Crippen molar-refractivity contribution in [3.05, 3.63) is 106 Å². The molecule has 9 rings (SSSR count). The minimum atomic E-state index is -3.59. The third-order valence-corrected chi connectivity index (χ3v) is 16.5. The van der Waals surface area contributed by atoms with E-state index in [1.54, 1.807) is 11.3 Å². The lowest BCUT2D eigenvalue weighted by atomic mass is 9.32. The minimum Gasteiger partial charge on any atom is -0.393 e. The Morgan fingerprint density at radius 3 is 2.34 bits per heavy atom. The number of allylic oxidation sites excluding steroid dienone is 4. The molecule has 3 fully saturated rings. The van der Waals surface area contributed by atoms with Crippen molar-refractivity contribution in [3.63, 3.8) is 0 Å². The number of Topliss-reactive ketones (excluding diaryl/α,β-unsaturated/α-hetero) is 1. The average Bonchev–Trinajstić information content (AvgIpc) is 3.72. The summed E-state index contributed by atoms with van der Waals surface area (Å²) in [6.07, 6.45) is 13.3. The van der Waals surface area contributed by atoms with Crippen molar-refractivity contribution in [2.45, 2.75) is 76.9 Å². The number of fused-ring (bicyclic) bond motifs is 1. The van der Waals surface area contributed by atoms with Crippen molar-refractivity contribution >= 4 is 27.1 Å². The summed E-state index contributed by atoms with van der Waals surface area (Å²) in [5.41, 5.74) is 0.290. The molecule has 2 bridgehead atoms. The molecule has 8 heteroatoms. The summed E-state index contributed by atoms with van der Waals surface area (Å²) in [5, 5.41) is 25.9. The van der Waals surface area contributed by atoms with Crippen LogP contribution < -0.4 is 0 Å². The highest BCUT2D eigenvalue weighted by molar-refractivity contribution is 7.88. The van der Waals surface area contributed by atoms with Gasteiger partial charge in [-0.15, -0.1) is 11.3 Å². The molecule has 0 amide bonds. The molecular formula is C42H49NO5S2. The van der Waals surface area contributed by atoms with Crippen LogP contribution in [0.3, 0.4) is 0 Å². The van der Waals surface area contributed by atoms with E-state index in [1.165, 1.54) is 10.6 Å². The molecule has 0 radical (unpaired) electrons. The molecule has 8 unspecified atom stereocenters. The van der Waals surface area contributed by atoms with Crippen molar-refractivity contribution in [2.75, 3.05) is 19.3 Å². The topological polar surface area (TPSA) is 94.9 Å². The number of rotatable bonds is 9. The maximum absolute atomic E-state index is 15.3. The van der Waals surface area contributed by atoms with E-state index in [1.807, 2.05) is 72.1 Å². The van der Waals surface area contributed by atoms with Gasteiger partial charge in [0.05, 0.1) is 18.0 Å². The number of hydrogen-bond donors (Lipinski definition) is 2. The third kappa shape index (κ3) is 4.88. The van der Waals surface area contributed by atoms with Crippen LogP contribution in [0.25, 0.3) is 11.1 Å². The zero-order chi connectivity index (χ0) is 35.2. The average molecular weight is 712 g/mol. The van der Waals surface area contributed by atoms with Crippen LogP contribution in [-0.4, -0.2) is 59.8 Å². The number of carbonyl (C=O) groups excluding carboxylic acids is 1. The van der Waals surface area contributed by atoms with Crippen LogP contribution >= 0.6 is 11.3 Å². The lowest BCUT2D eigenvalue weighted by molar-refractivity contribution is -0.173. The first-order chi connectivity index (χ1) is 23.8. The Morgan fingerprint density at radius 2 is 1.60 bits per heavy atom. The number of hydrogen-bond acceptors (Lipinski definition) is 6. The van der Waals surface area contributed by atoms with Gasteiger partial charge in [0, 0.05) is 45.3 Å². The summed E-state index contributed by atoms with van der Waals surface area (Å²) in [5.74, 6) is 0.120. The molecule has 264 valence electrons. The number of aliphatic hydroxyl groups excluding tert-OH is 1. The van der Waals surface area contributed by atoms with Crippen molar-refractivity contribution in [2.24, 2.45) is 33.5 Å². The van der Waals surface area contributed by atoms with Crippen LogP contribution in [0.2, 0.25) is 0 Å². The zero-order valence-electron chi connectivity index (χ0n) is 29.3. The van der Waals surface area contributed by atoms with E-state index in [9.17, 15) is 18.6 Å². The summed E-state index contributed by atoms with van der Waals surface area (Å²) >= 11 is 1.62. The van der Waals surface area contributed by atoms with Crippen molar-refractivity contribution < 1.29 is 23.4 Å². The second kappa shape index (κ2) is 11.8. The first-order valence-corrected chi connectivity index (χ1v) is 21.0. The minimum absolute atomic E-state index is 0.0219. The summed E-state index contributed by atoms with van der Waals surface area (Å²) in [6, 6.07) is 22.0. The molecule has 6 aliphatic carbocycles. The molecule has 1 aromatic heterocycles. The van der Waals surface area contributed by atoms with Crippen LogP contribution in [0.1, 0.15) is 74.0 Å². The van der Waals surface area contributed by atoms with Crippen molar-refractivity contribution in [3.8, 4) is 11.1 Å². The van der Waals surface area contributed by atoms with Crippen LogP contribution in [0.5, 0.6) is 0 Å². The second-order valence-electron chi connectivity index (χ2n) is 16.5. The molecule has 2 aromatic carbocycles. The molecule has 1 heterocycles. The van der Waals surface area contributed by atoms with Gasteiger partial charge in [-0.05, 0) is 91.2 Å². The first kappa shape index (κ1) is 34.2. The number of sulfonamides is 1. The van der Waals surface area contributed by atoms with Gasteiger partial charge in [0.25, 0.3) is 0 Å². The van der Waals surface area contributed by atoms with E-state index in [0.717, 1.165) is 47.3 Å². The number of thiophene rings is 1. The van der Waals surface area contributed by atoms with Crippen LogP contribution in [0.4, 0.5) is 0 Å². The van der Waals surface area contributed by atoms with E-state index in [-0.39, 0.29) is 29.6 Å². The fourth-order valence-electron chi connectivity index (χ4n) is 11.6. The molecule has 6 nitrogen and oxygen atoms in total. The molecule has 2 N–H and O–H groups in total. The van der Waals surface area contributed by atoms with Gasteiger partial charge >= 0.3 is 0 Å². The molecule has 3 saturated carbocycles. The molecule has 8 atom stereocenters. The molecular weight excluding hydrogens is 663 g/mol. The van der Waals surface area contributed by atoms with E-state index in [0.29, 0.717) is 37.8 Å². The Labute approximate surface area is 301 Å². The van der Waals surface area contributed by atoms with E-state index < -0.39 is 38.0 Å². The monoisotopic (exact) mass is 711 g/mol. The highest BCUT2D eigenvalue weighted by Gasteiger charge is 2.74. The number of ketones is 1. The van der Waals surface area contributed by atoms with Crippen molar-refractivity contribution in [1.29, 1.82) is 0 Å². The predicted octanol–water partition coefficient (Wildman–Crippen LogP) is 7.69. The largest absolute Gasteiger partial charge is 0.393 e.